The second kappa shape index (κ2) is 4.82. The molecular formula is C10H12F7NO. The number of halogens is 7. The van der Waals surface area contributed by atoms with Crippen molar-refractivity contribution >= 4 is 5.91 Å². The van der Waals surface area contributed by atoms with Crippen LogP contribution in [0.5, 0.6) is 0 Å². The second-order valence-electron chi connectivity index (χ2n) is 4.65. The number of hydrogen-bond acceptors (Lipinski definition) is 1. The van der Waals surface area contributed by atoms with Crippen molar-refractivity contribution in [3.8, 4) is 0 Å². The van der Waals surface area contributed by atoms with Crippen molar-refractivity contribution in [2.45, 2.75) is 37.8 Å². The maximum absolute atomic E-state index is 13.1. The highest BCUT2D eigenvalue weighted by atomic mass is 19.4. The minimum absolute atomic E-state index is 0.215. The van der Waals surface area contributed by atoms with Crippen molar-refractivity contribution in [3.05, 3.63) is 0 Å². The summed E-state index contributed by atoms with van der Waals surface area (Å²) in [7, 11) is 0. The molecule has 1 fully saturated rings. The van der Waals surface area contributed by atoms with Crippen molar-refractivity contribution in [2.24, 2.45) is 5.92 Å². The SMILES string of the molecule is CC1CCCN(C(=O)C(F)(F)C(F)(F)C(F)(F)F)C1. The van der Waals surface area contributed by atoms with Gasteiger partial charge in [-0.15, -0.1) is 0 Å². The molecule has 0 aromatic rings. The smallest absolute Gasteiger partial charge is 0.337 e. The third kappa shape index (κ3) is 2.79. The molecule has 0 N–H and O–H groups in total. The first-order valence-corrected chi connectivity index (χ1v) is 5.53. The highest BCUT2D eigenvalue weighted by Gasteiger charge is 2.76. The summed E-state index contributed by atoms with van der Waals surface area (Å²) in [5.41, 5.74) is 0. The summed E-state index contributed by atoms with van der Waals surface area (Å²) in [6, 6.07) is 0. The number of likely N-dealkylation sites (tertiary alicyclic amines) is 1. The van der Waals surface area contributed by atoms with Gasteiger partial charge in [-0.2, -0.15) is 30.7 Å². The fourth-order valence-corrected chi connectivity index (χ4v) is 1.88. The van der Waals surface area contributed by atoms with Gasteiger partial charge in [0.1, 0.15) is 0 Å². The van der Waals surface area contributed by atoms with Crippen LogP contribution in [0, 0.1) is 5.92 Å². The van der Waals surface area contributed by atoms with Crippen LogP contribution in [0.15, 0.2) is 0 Å². The Hall–Kier alpha value is -1.02. The molecule has 2 nitrogen and oxygen atoms in total. The molecule has 1 aliphatic heterocycles. The lowest BCUT2D eigenvalue weighted by Crippen LogP contribution is -2.61. The predicted molar refractivity (Wildman–Crippen MR) is 50.9 cm³/mol. The van der Waals surface area contributed by atoms with E-state index in [4.69, 9.17) is 0 Å². The van der Waals surface area contributed by atoms with Gasteiger partial charge < -0.3 is 4.90 Å². The second-order valence-corrected chi connectivity index (χ2v) is 4.65. The molecule has 9 heteroatoms. The number of piperidine rings is 1. The van der Waals surface area contributed by atoms with Gasteiger partial charge in [0.2, 0.25) is 0 Å². The predicted octanol–water partition coefficient (Wildman–Crippen LogP) is 3.08. The molecule has 0 radical (unpaired) electrons. The molecule has 0 bridgehead atoms. The first kappa shape index (κ1) is 16.0. The van der Waals surface area contributed by atoms with E-state index in [9.17, 15) is 35.5 Å². The van der Waals surface area contributed by atoms with Crippen LogP contribution in [-0.2, 0) is 4.79 Å². The van der Waals surface area contributed by atoms with Crippen LogP contribution in [0.1, 0.15) is 19.8 Å². The van der Waals surface area contributed by atoms with Gasteiger partial charge in [0.15, 0.2) is 0 Å². The Bertz CT molecular complexity index is 352. The zero-order valence-electron chi connectivity index (χ0n) is 9.91. The molecule has 1 aliphatic rings. The van der Waals surface area contributed by atoms with Gasteiger partial charge >= 0.3 is 18.0 Å². The van der Waals surface area contributed by atoms with Crippen molar-refractivity contribution in [1.82, 2.24) is 4.90 Å². The number of nitrogens with zero attached hydrogens (tertiary/aromatic N) is 1. The molecule has 1 atom stereocenters. The van der Waals surface area contributed by atoms with Crippen molar-refractivity contribution in [2.75, 3.05) is 13.1 Å². The fraction of sp³-hybridized carbons (Fsp3) is 0.900. The lowest BCUT2D eigenvalue weighted by Gasteiger charge is -2.35. The van der Waals surface area contributed by atoms with Gasteiger partial charge in [0, 0.05) is 13.1 Å². The van der Waals surface area contributed by atoms with Crippen molar-refractivity contribution < 1.29 is 35.5 Å². The van der Waals surface area contributed by atoms with Crippen molar-refractivity contribution in [3.63, 3.8) is 0 Å². The van der Waals surface area contributed by atoms with Gasteiger partial charge in [-0.05, 0) is 18.8 Å². The molecule has 1 rings (SSSR count). The van der Waals surface area contributed by atoms with Crippen molar-refractivity contribution in [1.29, 1.82) is 0 Å². The lowest BCUT2D eigenvalue weighted by atomic mass is 9.99. The molecule has 1 amide bonds. The molecule has 0 saturated carbocycles. The Balaban J connectivity index is 2.96. The Labute approximate surface area is 104 Å². The summed E-state index contributed by atoms with van der Waals surface area (Å²) in [6.07, 6.45) is -5.58. The van der Waals surface area contributed by atoms with E-state index in [0.717, 1.165) is 0 Å². The van der Waals surface area contributed by atoms with Crippen LogP contribution >= 0.6 is 0 Å². The van der Waals surface area contributed by atoms with Gasteiger partial charge in [0.25, 0.3) is 5.91 Å². The van der Waals surface area contributed by atoms with Gasteiger partial charge in [-0.3, -0.25) is 4.79 Å². The number of alkyl halides is 7. The minimum Gasteiger partial charge on any atom is -0.337 e. The molecule has 0 aliphatic carbocycles. The van der Waals surface area contributed by atoms with E-state index in [-0.39, 0.29) is 19.0 Å². The Morgan fingerprint density at radius 1 is 1.11 bits per heavy atom. The van der Waals surface area contributed by atoms with E-state index in [2.05, 4.69) is 0 Å². The highest BCUT2D eigenvalue weighted by Crippen LogP contribution is 2.47. The molecule has 1 unspecified atom stereocenters. The van der Waals surface area contributed by atoms with Crippen LogP contribution in [0.3, 0.4) is 0 Å². The van der Waals surface area contributed by atoms with Crippen LogP contribution < -0.4 is 0 Å². The summed E-state index contributed by atoms with van der Waals surface area (Å²) in [5, 5.41) is 0. The molecular weight excluding hydrogens is 283 g/mol. The third-order valence-electron chi connectivity index (χ3n) is 2.96. The molecule has 1 heterocycles. The average molecular weight is 295 g/mol. The zero-order valence-corrected chi connectivity index (χ0v) is 9.91. The van der Waals surface area contributed by atoms with E-state index in [1.165, 1.54) is 0 Å². The first-order valence-electron chi connectivity index (χ1n) is 5.53. The normalized spacial score (nSPS) is 22.5. The number of carbonyl (C=O) groups is 1. The van der Waals surface area contributed by atoms with Crippen LogP contribution in [0.2, 0.25) is 0 Å². The zero-order chi connectivity index (χ0) is 15.1. The van der Waals surface area contributed by atoms with E-state index in [0.29, 0.717) is 17.7 Å². The Morgan fingerprint density at radius 2 is 1.63 bits per heavy atom. The van der Waals surface area contributed by atoms with Gasteiger partial charge in [0.05, 0.1) is 0 Å². The largest absolute Gasteiger partial charge is 0.460 e. The maximum atomic E-state index is 13.1. The summed E-state index contributed by atoms with van der Waals surface area (Å²) in [4.78, 5) is 11.6. The standard InChI is InChI=1S/C10H12F7NO/c1-6-3-2-4-18(5-6)7(19)8(11,12)9(13,14)10(15,16)17/h6H,2-5H2,1H3. The van der Waals surface area contributed by atoms with Crippen LogP contribution in [-0.4, -0.2) is 41.9 Å². The van der Waals surface area contributed by atoms with E-state index < -0.39 is 23.9 Å². The van der Waals surface area contributed by atoms with E-state index >= 15 is 0 Å². The Morgan fingerprint density at radius 3 is 2.05 bits per heavy atom. The topological polar surface area (TPSA) is 20.3 Å². The molecule has 19 heavy (non-hydrogen) atoms. The molecule has 0 aromatic carbocycles. The number of carbonyl (C=O) groups excluding carboxylic acids is 1. The Kier molecular flexibility index (Phi) is 4.07. The summed E-state index contributed by atoms with van der Waals surface area (Å²) < 4.78 is 87.5. The monoisotopic (exact) mass is 295 g/mol. The molecule has 1 saturated heterocycles. The lowest BCUT2D eigenvalue weighted by molar-refractivity contribution is -0.346. The molecule has 0 aromatic heterocycles. The van der Waals surface area contributed by atoms with E-state index in [1.54, 1.807) is 6.92 Å². The quantitative estimate of drug-likeness (QED) is 0.717. The van der Waals surface area contributed by atoms with Gasteiger partial charge in [-0.25, -0.2) is 0 Å². The third-order valence-corrected chi connectivity index (χ3v) is 2.96. The number of rotatable bonds is 2. The maximum Gasteiger partial charge on any atom is 0.460 e. The van der Waals surface area contributed by atoms with Gasteiger partial charge in [-0.1, -0.05) is 6.92 Å². The first-order chi connectivity index (χ1) is 8.41. The average Bonchev–Trinajstić information content (AvgIpc) is 2.26. The summed E-state index contributed by atoms with van der Waals surface area (Å²) in [5.74, 6) is -14.9. The molecule has 112 valence electrons. The number of amides is 1. The van der Waals surface area contributed by atoms with Crippen LogP contribution in [0.25, 0.3) is 0 Å². The van der Waals surface area contributed by atoms with Crippen LogP contribution in [0.4, 0.5) is 30.7 Å². The molecule has 0 spiro atoms. The summed E-state index contributed by atoms with van der Waals surface area (Å²) >= 11 is 0. The number of hydrogen-bond donors (Lipinski definition) is 0. The minimum atomic E-state index is -6.48. The van der Waals surface area contributed by atoms with E-state index in [1.807, 2.05) is 0 Å². The summed E-state index contributed by atoms with van der Waals surface area (Å²) in [6.45, 7) is 1.11. The fourth-order valence-electron chi connectivity index (χ4n) is 1.88. The highest BCUT2D eigenvalue weighted by molar-refractivity contribution is 5.85.